The maximum Gasteiger partial charge on any atom is 0.300 e. The lowest BCUT2D eigenvalue weighted by Gasteiger charge is -2.18. The molecule has 1 rings (SSSR count). The fraction of sp³-hybridized carbons (Fsp3) is 0.571. The Kier molecular flexibility index (Phi) is 3.90. The van der Waals surface area contributed by atoms with Gasteiger partial charge in [0.1, 0.15) is 5.66 Å². The van der Waals surface area contributed by atoms with Gasteiger partial charge in [0.2, 0.25) is 0 Å². The molecule has 1 heterocycles. The third-order valence-corrected chi connectivity index (χ3v) is 0.987. The monoisotopic (exact) mass is 186 g/mol. The van der Waals surface area contributed by atoms with E-state index in [-0.39, 0.29) is 5.66 Å². The van der Waals surface area contributed by atoms with Gasteiger partial charge >= 0.3 is 0 Å². The van der Waals surface area contributed by atoms with E-state index in [9.17, 15) is 0 Å². The van der Waals surface area contributed by atoms with Crippen LogP contribution in [0.3, 0.4) is 0 Å². The lowest BCUT2D eigenvalue weighted by Crippen LogP contribution is -2.38. The number of rotatable bonds is 0. The second-order valence-corrected chi connectivity index (χ2v) is 2.91. The van der Waals surface area contributed by atoms with Gasteiger partial charge in [-0.05, 0) is 13.8 Å². The van der Waals surface area contributed by atoms with Crippen molar-refractivity contribution in [2.45, 2.75) is 26.4 Å². The zero-order chi connectivity index (χ0) is 10.5. The molecular weight excluding hydrogens is 172 g/mol. The van der Waals surface area contributed by atoms with Crippen LogP contribution in [0.25, 0.3) is 0 Å². The maximum absolute atomic E-state index is 9.00. The van der Waals surface area contributed by atoms with Crippen LogP contribution in [-0.2, 0) is 4.79 Å². The molecule has 6 heteroatoms. The van der Waals surface area contributed by atoms with Crippen LogP contribution in [0, 0.1) is 0 Å². The average molecular weight is 186 g/mol. The van der Waals surface area contributed by atoms with E-state index in [1.54, 1.807) is 6.34 Å². The van der Waals surface area contributed by atoms with Crippen LogP contribution in [0.15, 0.2) is 9.98 Å². The van der Waals surface area contributed by atoms with Gasteiger partial charge in [-0.3, -0.25) is 4.79 Å². The van der Waals surface area contributed by atoms with Crippen molar-refractivity contribution in [3.8, 4) is 0 Å². The van der Waals surface area contributed by atoms with Crippen molar-refractivity contribution in [2.24, 2.45) is 15.7 Å². The number of nitrogens with one attached hydrogen (secondary N) is 1. The highest BCUT2D eigenvalue weighted by atomic mass is 16.4. The zero-order valence-electron chi connectivity index (χ0n) is 7.90. The Hall–Kier alpha value is -1.59. The summed E-state index contributed by atoms with van der Waals surface area (Å²) < 4.78 is 0. The molecule has 0 atom stereocenters. The van der Waals surface area contributed by atoms with Crippen molar-refractivity contribution < 1.29 is 9.90 Å². The van der Waals surface area contributed by atoms with Gasteiger partial charge in [0, 0.05) is 6.92 Å². The third-order valence-electron chi connectivity index (χ3n) is 0.987. The van der Waals surface area contributed by atoms with Crippen molar-refractivity contribution >= 4 is 18.3 Å². The Morgan fingerprint density at radius 3 is 2.38 bits per heavy atom. The SMILES string of the molecule is CC(=O)O.CC1(C)N=CNC(N)=N1. The van der Waals surface area contributed by atoms with Gasteiger partial charge in [-0.15, -0.1) is 0 Å². The van der Waals surface area contributed by atoms with E-state index in [1.165, 1.54) is 0 Å². The van der Waals surface area contributed by atoms with Gasteiger partial charge < -0.3 is 16.2 Å². The number of guanidine groups is 1. The first-order valence-corrected chi connectivity index (χ1v) is 3.68. The summed E-state index contributed by atoms with van der Waals surface area (Å²) in [5, 5.41) is 10.1. The highest BCUT2D eigenvalue weighted by Gasteiger charge is 2.15. The number of carboxylic acid groups (broad SMARTS) is 1. The number of aliphatic carboxylic acids is 1. The second-order valence-electron chi connectivity index (χ2n) is 2.91. The minimum atomic E-state index is -0.833. The topological polar surface area (TPSA) is 100 Å². The summed E-state index contributed by atoms with van der Waals surface area (Å²) in [5.74, 6) is -0.407. The highest BCUT2D eigenvalue weighted by Crippen LogP contribution is 2.10. The van der Waals surface area contributed by atoms with Crippen LogP contribution in [0.1, 0.15) is 20.8 Å². The van der Waals surface area contributed by atoms with E-state index in [1.807, 2.05) is 13.8 Å². The van der Waals surface area contributed by atoms with Crippen LogP contribution in [0.2, 0.25) is 0 Å². The molecule has 0 aliphatic carbocycles. The Morgan fingerprint density at radius 1 is 1.69 bits per heavy atom. The van der Waals surface area contributed by atoms with Gasteiger partial charge in [0.15, 0.2) is 5.96 Å². The molecule has 0 aromatic heterocycles. The molecule has 6 nitrogen and oxygen atoms in total. The summed E-state index contributed by atoms with van der Waals surface area (Å²) in [4.78, 5) is 17.0. The van der Waals surface area contributed by atoms with Gasteiger partial charge in [-0.25, -0.2) is 9.98 Å². The fourth-order valence-corrected chi connectivity index (χ4v) is 0.612. The van der Waals surface area contributed by atoms with Gasteiger partial charge in [-0.1, -0.05) is 0 Å². The number of hydrogen-bond acceptors (Lipinski definition) is 5. The first-order valence-electron chi connectivity index (χ1n) is 3.68. The third kappa shape index (κ3) is 6.79. The normalized spacial score (nSPS) is 17.6. The largest absolute Gasteiger partial charge is 0.481 e. The number of hydrogen-bond donors (Lipinski definition) is 3. The summed E-state index contributed by atoms with van der Waals surface area (Å²) in [6.45, 7) is 4.86. The minimum absolute atomic E-state index is 0.380. The summed E-state index contributed by atoms with van der Waals surface area (Å²) in [7, 11) is 0. The Bertz CT molecular complexity index is 241. The van der Waals surface area contributed by atoms with E-state index < -0.39 is 5.97 Å². The molecule has 0 unspecified atom stereocenters. The molecule has 0 amide bonds. The fourth-order valence-electron chi connectivity index (χ4n) is 0.612. The van der Waals surface area contributed by atoms with Crippen LogP contribution in [-0.4, -0.2) is 29.0 Å². The van der Waals surface area contributed by atoms with Crippen molar-refractivity contribution in [3.05, 3.63) is 0 Å². The average Bonchev–Trinajstić information content (AvgIpc) is 1.81. The van der Waals surface area contributed by atoms with Crippen LogP contribution in [0.4, 0.5) is 0 Å². The lowest BCUT2D eigenvalue weighted by atomic mass is 10.3. The lowest BCUT2D eigenvalue weighted by molar-refractivity contribution is -0.134. The Labute approximate surface area is 76.6 Å². The molecule has 0 spiro atoms. The molecule has 0 saturated heterocycles. The van der Waals surface area contributed by atoms with E-state index in [0.29, 0.717) is 5.96 Å². The minimum Gasteiger partial charge on any atom is -0.481 e. The first kappa shape index (κ1) is 11.4. The molecule has 0 bridgehead atoms. The molecule has 0 fully saturated rings. The molecule has 13 heavy (non-hydrogen) atoms. The van der Waals surface area contributed by atoms with E-state index in [2.05, 4.69) is 15.3 Å². The van der Waals surface area contributed by atoms with Gasteiger partial charge in [-0.2, -0.15) is 0 Å². The number of carboxylic acids is 1. The Balaban J connectivity index is 0.000000310. The molecule has 74 valence electrons. The van der Waals surface area contributed by atoms with Crippen LogP contribution in [0.5, 0.6) is 0 Å². The summed E-state index contributed by atoms with van der Waals surface area (Å²) in [6, 6.07) is 0. The number of nitrogens with zero attached hydrogens (tertiary/aromatic N) is 2. The summed E-state index contributed by atoms with van der Waals surface area (Å²) in [5.41, 5.74) is 4.98. The standard InChI is InChI=1S/C5H10N4.C2H4O2/c1-5(2)8-3-7-4(6)9-5;1-2(3)4/h3H,1-2H3,(H3,6,7,8,9);1H3,(H,3,4). The molecule has 1 aliphatic heterocycles. The smallest absolute Gasteiger partial charge is 0.300 e. The molecule has 0 aromatic rings. The van der Waals surface area contributed by atoms with Crippen molar-refractivity contribution in [1.29, 1.82) is 0 Å². The number of aliphatic imine (C=N–C) groups is 2. The predicted octanol–water partition coefficient (Wildman–Crippen LogP) is -0.240. The molecular formula is C7H14N4O2. The van der Waals surface area contributed by atoms with Crippen molar-refractivity contribution in [1.82, 2.24) is 5.32 Å². The molecule has 0 radical (unpaired) electrons. The second kappa shape index (κ2) is 4.44. The Morgan fingerprint density at radius 2 is 2.15 bits per heavy atom. The first-order chi connectivity index (χ1) is 5.83. The van der Waals surface area contributed by atoms with Gasteiger partial charge in [0.25, 0.3) is 5.97 Å². The zero-order valence-corrected chi connectivity index (χ0v) is 7.90. The summed E-state index contributed by atoms with van der Waals surface area (Å²) >= 11 is 0. The quantitative estimate of drug-likeness (QED) is 0.486. The molecule has 4 N–H and O–H groups in total. The maximum atomic E-state index is 9.00. The van der Waals surface area contributed by atoms with E-state index in [0.717, 1.165) is 6.92 Å². The van der Waals surface area contributed by atoms with Crippen molar-refractivity contribution in [2.75, 3.05) is 0 Å². The summed E-state index contributed by atoms with van der Waals surface area (Å²) in [6.07, 6.45) is 1.56. The van der Waals surface area contributed by atoms with Crippen molar-refractivity contribution in [3.63, 3.8) is 0 Å². The predicted molar refractivity (Wildman–Crippen MR) is 50.6 cm³/mol. The number of nitrogens with two attached hydrogens (primary N) is 1. The highest BCUT2D eigenvalue weighted by molar-refractivity contribution is 5.90. The molecule has 1 aliphatic rings. The van der Waals surface area contributed by atoms with Gasteiger partial charge in [0.05, 0.1) is 6.34 Å². The van der Waals surface area contributed by atoms with Crippen LogP contribution >= 0.6 is 0 Å². The van der Waals surface area contributed by atoms with Crippen LogP contribution < -0.4 is 11.1 Å². The molecule has 0 aromatic carbocycles. The van der Waals surface area contributed by atoms with E-state index >= 15 is 0 Å². The van der Waals surface area contributed by atoms with E-state index in [4.69, 9.17) is 15.6 Å². The molecule has 0 saturated carbocycles. The number of carbonyl (C=O) groups is 1.